The second kappa shape index (κ2) is 4.78. The number of ketones is 1. The number of hydrogen-bond acceptors (Lipinski definition) is 5. The summed E-state index contributed by atoms with van der Waals surface area (Å²) in [5, 5.41) is 1.08. The summed E-state index contributed by atoms with van der Waals surface area (Å²) in [6.45, 7) is 8.90. The van der Waals surface area contributed by atoms with Gasteiger partial charge in [0.25, 0.3) is 0 Å². The second-order valence-corrected chi connectivity index (χ2v) is 8.47. The highest BCUT2D eigenvalue weighted by molar-refractivity contribution is 7.17. The van der Waals surface area contributed by atoms with Crippen LogP contribution in [0, 0.1) is 5.41 Å². The highest BCUT2D eigenvalue weighted by Gasteiger charge is 2.36. The number of aromatic nitrogens is 1. The minimum absolute atomic E-state index is 0.0690. The van der Waals surface area contributed by atoms with Crippen molar-refractivity contribution in [2.45, 2.75) is 45.6 Å². The van der Waals surface area contributed by atoms with Gasteiger partial charge in [-0.05, 0) is 31.2 Å². The molecule has 21 heavy (non-hydrogen) atoms. The Kier molecular flexibility index (Phi) is 3.12. The monoisotopic (exact) mass is 305 g/mol. The first-order valence-electron chi connectivity index (χ1n) is 8.04. The minimum atomic E-state index is 0.0690. The predicted molar refractivity (Wildman–Crippen MR) is 85.4 cm³/mol. The summed E-state index contributed by atoms with van der Waals surface area (Å²) < 4.78 is 0. The van der Waals surface area contributed by atoms with Crippen LogP contribution in [0.2, 0.25) is 0 Å². The molecule has 3 heterocycles. The molecule has 2 aliphatic heterocycles. The third-order valence-electron chi connectivity index (χ3n) is 5.08. The van der Waals surface area contributed by atoms with Gasteiger partial charge < -0.3 is 4.90 Å². The lowest BCUT2D eigenvalue weighted by Gasteiger charge is -2.37. The molecular formula is C16H23N3OS. The fraction of sp³-hybridized carbons (Fsp3) is 0.750. The van der Waals surface area contributed by atoms with E-state index < -0.39 is 0 Å². The molecule has 1 aromatic heterocycles. The molecule has 0 aromatic carbocycles. The van der Waals surface area contributed by atoms with Gasteiger partial charge >= 0.3 is 0 Å². The Labute approximate surface area is 130 Å². The highest BCUT2D eigenvalue weighted by atomic mass is 32.1. The molecular weight excluding hydrogens is 282 g/mol. The number of Topliss-reactive ketones (excluding diaryl/α,β-unsaturated/α-hetero) is 1. The summed E-state index contributed by atoms with van der Waals surface area (Å²) in [5.41, 5.74) is 1.12. The maximum absolute atomic E-state index is 12.3. The Morgan fingerprint density at radius 3 is 2.95 bits per heavy atom. The molecule has 4 nitrogen and oxygen atoms in total. The molecule has 1 aliphatic carbocycles. The fourth-order valence-electron chi connectivity index (χ4n) is 4.01. The Morgan fingerprint density at radius 1 is 1.24 bits per heavy atom. The first-order chi connectivity index (χ1) is 10.0. The van der Waals surface area contributed by atoms with Gasteiger partial charge in [0.2, 0.25) is 0 Å². The summed E-state index contributed by atoms with van der Waals surface area (Å²) >= 11 is 1.63. The van der Waals surface area contributed by atoms with Crippen molar-refractivity contribution >= 4 is 22.3 Å². The molecule has 0 spiro atoms. The van der Waals surface area contributed by atoms with Crippen LogP contribution in [0.5, 0.6) is 0 Å². The van der Waals surface area contributed by atoms with E-state index in [2.05, 4.69) is 23.6 Å². The standard InChI is InChI=1S/C16H23N3OS/c1-16(2)8-12-14(13(20)9-16)21-15(17-12)19-7-6-18-5-3-4-11(18)10-19/h11H,3-10H2,1-2H3. The molecule has 3 aliphatic rings. The Hall–Kier alpha value is -0.940. The van der Waals surface area contributed by atoms with Crippen molar-refractivity contribution in [2.75, 3.05) is 31.1 Å². The first kappa shape index (κ1) is 13.7. The van der Waals surface area contributed by atoms with Crippen LogP contribution in [0.4, 0.5) is 5.13 Å². The number of piperazine rings is 1. The Balaban J connectivity index is 1.58. The summed E-state index contributed by atoms with van der Waals surface area (Å²) in [6.07, 6.45) is 4.25. The van der Waals surface area contributed by atoms with Crippen molar-refractivity contribution in [1.82, 2.24) is 9.88 Å². The molecule has 114 valence electrons. The molecule has 0 amide bonds. The van der Waals surface area contributed by atoms with Gasteiger partial charge in [-0.2, -0.15) is 0 Å². The van der Waals surface area contributed by atoms with Gasteiger partial charge in [-0.25, -0.2) is 4.98 Å². The van der Waals surface area contributed by atoms with E-state index in [-0.39, 0.29) is 5.41 Å². The quantitative estimate of drug-likeness (QED) is 0.799. The number of anilines is 1. The average molecular weight is 305 g/mol. The maximum Gasteiger partial charge on any atom is 0.186 e. The van der Waals surface area contributed by atoms with Crippen molar-refractivity contribution in [1.29, 1.82) is 0 Å². The zero-order valence-electron chi connectivity index (χ0n) is 12.9. The number of carbonyl (C=O) groups is 1. The van der Waals surface area contributed by atoms with Crippen LogP contribution in [-0.2, 0) is 6.42 Å². The fourth-order valence-corrected chi connectivity index (χ4v) is 5.06. The normalized spacial score (nSPS) is 28.6. The summed E-state index contributed by atoms with van der Waals surface area (Å²) in [5.74, 6) is 0.296. The van der Waals surface area contributed by atoms with Gasteiger partial charge in [-0.1, -0.05) is 25.2 Å². The first-order valence-corrected chi connectivity index (χ1v) is 8.85. The van der Waals surface area contributed by atoms with Gasteiger partial charge in [0, 0.05) is 32.1 Å². The summed E-state index contributed by atoms with van der Waals surface area (Å²) in [6, 6.07) is 0.701. The van der Waals surface area contributed by atoms with E-state index in [9.17, 15) is 4.79 Å². The molecule has 4 rings (SSSR count). The van der Waals surface area contributed by atoms with E-state index in [1.54, 1.807) is 11.3 Å². The molecule has 1 atom stereocenters. The van der Waals surface area contributed by atoms with Gasteiger partial charge in [0.15, 0.2) is 10.9 Å². The summed E-state index contributed by atoms with van der Waals surface area (Å²) in [7, 11) is 0. The lowest BCUT2D eigenvalue weighted by molar-refractivity contribution is 0.0916. The minimum Gasteiger partial charge on any atom is -0.345 e. The van der Waals surface area contributed by atoms with Crippen molar-refractivity contribution in [3.63, 3.8) is 0 Å². The average Bonchev–Trinajstić information content (AvgIpc) is 3.01. The SMILES string of the molecule is CC1(C)CC(=O)c2sc(N3CCN4CCCC4C3)nc2C1. The molecule has 0 bridgehead atoms. The van der Waals surface area contributed by atoms with Gasteiger partial charge in [0.1, 0.15) is 0 Å². The Morgan fingerprint density at radius 2 is 2.10 bits per heavy atom. The summed E-state index contributed by atoms with van der Waals surface area (Å²) in [4.78, 5) is 23.1. The number of thiazole rings is 1. The second-order valence-electron chi connectivity index (χ2n) is 7.49. The molecule has 2 saturated heterocycles. The van der Waals surface area contributed by atoms with Gasteiger partial charge in [0.05, 0.1) is 10.6 Å². The van der Waals surface area contributed by atoms with Crippen LogP contribution < -0.4 is 4.90 Å². The zero-order chi connectivity index (χ0) is 14.6. The smallest absolute Gasteiger partial charge is 0.186 e. The highest BCUT2D eigenvalue weighted by Crippen LogP contribution is 2.39. The topological polar surface area (TPSA) is 36.4 Å². The van der Waals surface area contributed by atoms with Crippen molar-refractivity contribution in [3.05, 3.63) is 10.6 Å². The predicted octanol–water partition coefficient (Wildman–Crippen LogP) is 2.58. The zero-order valence-corrected chi connectivity index (χ0v) is 13.7. The Bertz CT molecular complexity index is 580. The molecule has 0 radical (unpaired) electrons. The third kappa shape index (κ3) is 2.40. The molecule has 0 saturated carbocycles. The molecule has 5 heteroatoms. The number of hydrogen-bond donors (Lipinski definition) is 0. The maximum atomic E-state index is 12.3. The molecule has 0 N–H and O–H groups in total. The number of carbonyl (C=O) groups excluding carboxylic acids is 1. The van der Waals surface area contributed by atoms with Crippen LogP contribution in [0.1, 0.15) is 48.5 Å². The van der Waals surface area contributed by atoms with Crippen molar-refractivity contribution < 1.29 is 4.79 Å². The van der Waals surface area contributed by atoms with E-state index >= 15 is 0 Å². The van der Waals surface area contributed by atoms with E-state index in [1.807, 2.05) is 0 Å². The van der Waals surface area contributed by atoms with Crippen molar-refractivity contribution in [3.8, 4) is 0 Å². The number of nitrogens with zero attached hydrogens (tertiary/aromatic N) is 3. The van der Waals surface area contributed by atoms with Crippen molar-refractivity contribution in [2.24, 2.45) is 5.41 Å². The molecule has 1 aromatic rings. The lowest BCUT2D eigenvalue weighted by atomic mass is 9.78. The molecule has 1 unspecified atom stereocenters. The van der Waals surface area contributed by atoms with E-state index in [0.29, 0.717) is 18.2 Å². The van der Waals surface area contributed by atoms with E-state index in [4.69, 9.17) is 4.98 Å². The van der Waals surface area contributed by atoms with Crippen LogP contribution in [0.25, 0.3) is 0 Å². The lowest BCUT2D eigenvalue weighted by Crippen LogP contribution is -2.50. The van der Waals surface area contributed by atoms with Gasteiger partial charge in [-0.3, -0.25) is 9.69 Å². The van der Waals surface area contributed by atoms with E-state index in [0.717, 1.165) is 41.8 Å². The van der Waals surface area contributed by atoms with E-state index in [1.165, 1.54) is 19.4 Å². The third-order valence-corrected chi connectivity index (χ3v) is 6.28. The van der Waals surface area contributed by atoms with Crippen LogP contribution in [0.3, 0.4) is 0 Å². The largest absolute Gasteiger partial charge is 0.345 e. The van der Waals surface area contributed by atoms with Crippen LogP contribution >= 0.6 is 11.3 Å². The van der Waals surface area contributed by atoms with Crippen LogP contribution in [-0.4, -0.2) is 47.9 Å². The number of rotatable bonds is 1. The van der Waals surface area contributed by atoms with Crippen LogP contribution in [0.15, 0.2) is 0 Å². The number of fused-ring (bicyclic) bond motifs is 2. The van der Waals surface area contributed by atoms with Gasteiger partial charge in [-0.15, -0.1) is 0 Å². The molecule has 2 fully saturated rings.